The lowest BCUT2D eigenvalue weighted by atomic mass is 9.76. The minimum Gasteiger partial charge on any atom is -0.356 e. The van der Waals surface area contributed by atoms with Gasteiger partial charge in [0.25, 0.3) is 5.56 Å². The zero-order chi connectivity index (χ0) is 20.0. The van der Waals surface area contributed by atoms with Crippen molar-refractivity contribution in [2.75, 3.05) is 18.0 Å². The van der Waals surface area contributed by atoms with Gasteiger partial charge in [0.15, 0.2) is 0 Å². The summed E-state index contributed by atoms with van der Waals surface area (Å²) in [4.78, 5) is 36.1. The minimum atomic E-state index is -0.0208. The molecule has 3 aromatic rings. The summed E-state index contributed by atoms with van der Waals surface area (Å²) in [5, 5.41) is 0. The smallest absolute Gasteiger partial charge is 0.254 e. The fourth-order valence-corrected chi connectivity index (χ4v) is 4.76. The monoisotopic (exact) mass is 388 g/mol. The molecule has 148 valence electrons. The molecule has 1 N–H and O–H groups in total. The molecule has 5 rings (SSSR count). The number of rotatable bonds is 2. The third kappa shape index (κ3) is 3.01. The van der Waals surface area contributed by atoms with E-state index >= 15 is 0 Å². The Morgan fingerprint density at radius 1 is 1.10 bits per heavy atom. The van der Waals surface area contributed by atoms with Crippen LogP contribution in [0.25, 0.3) is 11.4 Å². The molecule has 0 atom stereocenters. The molecule has 1 fully saturated rings. The van der Waals surface area contributed by atoms with Crippen molar-refractivity contribution in [2.24, 2.45) is 0 Å². The van der Waals surface area contributed by atoms with Crippen LogP contribution in [0.15, 0.2) is 35.5 Å². The molecule has 1 spiro atoms. The van der Waals surface area contributed by atoms with Crippen LogP contribution in [0.4, 0.5) is 5.82 Å². The summed E-state index contributed by atoms with van der Waals surface area (Å²) in [5.41, 5.74) is 3.78. The molecular weight excluding hydrogens is 364 g/mol. The highest BCUT2D eigenvalue weighted by Crippen LogP contribution is 2.45. The van der Waals surface area contributed by atoms with Crippen LogP contribution in [0.2, 0.25) is 0 Å². The molecule has 0 saturated carbocycles. The van der Waals surface area contributed by atoms with Gasteiger partial charge in [0.05, 0.1) is 5.69 Å². The Bertz CT molecular complexity index is 1120. The van der Waals surface area contributed by atoms with Gasteiger partial charge in [-0.15, -0.1) is 0 Å². The van der Waals surface area contributed by atoms with E-state index in [1.54, 1.807) is 12.4 Å². The number of aryl methyl sites for hydroxylation is 2. The number of anilines is 1. The van der Waals surface area contributed by atoms with E-state index in [2.05, 4.69) is 31.8 Å². The average Bonchev–Trinajstić information content (AvgIpc) is 3.10. The predicted molar refractivity (Wildman–Crippen MR) is 111 cm³/mol. The van der Waals surface area contributed by atoms with Crippen LogP contribution in [0, 0.1) is 13.8 Å². The first kappa shape index (κ1) is 18.0. The molecule has 3 aromatic heterocycles. The van der Waals surface area contributed by atoms with Crippen molar-refractivity contribution in [3.05, 3.63) is 63.7 Å². The van der Waals surface area contributed by atoms with E-state index in [9.17, 15) is 4.79 Å². The number of hydrogen-bond acceptors (Lipinski definition) is 6. The second kappa shape index (κ2) is 6.76. The SMILES string of the molecule is Cc1ncc(C)c(N2CCC3(CCc4c3nc(-c3cccnc3)[nH]c4=O)CC2)n1. The molecule has 0 aromatic carbocycles. The van der Waals surface area contributed by atoms with Crippen molar-refractivity contribution < 1.29 is 0 Å². The Morgan fingerprint density at radius 3 is 2.69 bits per heavy atom. The Labute approximate surface area is 169 Å². The molecule has 7 heteroatoms. The van der Waals surface area contributed by atoms with Crippen LogP contribution in [0.3, 0.4) is 0 Å². The lowest BCUT2D eigenvalue weighted by molar-refractivity contribution is 0.322. The largest absolute Gasteiger partial charge is 0.356 e. The zero-order valence-electron chi connectivity index (χ0n) is 16.8. The second-order valence-corrected chi connectivity index (χ2v) is 8.17. The lowest BCUT2D eigenvalue weighted by Crippen LogP contribution is -2.43. The van der Waals surface area contributed by atoms with Crippen molar-refractivity contribution in [1.82, 2.24) is 24.9 Å². The van der Waals surface area contributed by atoms with Gasteiger partial charge in [-0.3, -0.25) is 9.78 Å². The molecule has 29 heavy (non-hydrogen) atoms. The molecule has 2 aliphatic rings. The standard InChI is InChI=1S/C22H24N6O/c1-14-12-24-15(2)25-20(14)28-10-7-22(8-11-28)6-5-17-18(22)26-19(27-21(17)29)16-4-3-9-23-13-16/h3-4,9,12-13H,5-8,10-11H2,1-2H3,(H,26,27,29). The van der Waals surface area contributed by atoms with Crippen LogP contribution in [-0.2, 0) is 11.8 Å². The van der Waals surface area contributed by atoms with Gasteiger partial charge < -0.3 is 9.88 Å². The molecule has 1 aliphatic heterocycles. The minimum absolute atomic E-state index is 0.00423. The maximum Gasteiger partial charge on any atom is 0.254 e. The van der Waals surface area contributed by atoms with Crippen LogP contribution in [-0.4, -0.2) is 38.0 Å². The third-order valence-electron chi connectivity index (χ3n) is 6.39. The first-order valence-electron chi connectivity index (χ1n) is 10.1. The highest BCUT2D eigenvalue weighted by Gasteiger charge is 2.44. The number of H-pyrrole nitrogens is 1. The van der Waals surface area contributed by atoms with Gasteiger partial charge in [-0.2, -0.15) is 0 Å². The first-order valence-corrected chi connectivity index (χ1v) is 10.1. The van der Waals surface area contributed by atoms with Crippen LogP contribution < -0.4 is 10.5 Å². The van der Waals surface area contributed by atoms with E-state index in [1.165, 1.54) is 0 Å². The lowest BCUT2D eigenvalue weighted by Gasteiger charge is -2.40. The number of pyridine rings is 1. The summed E-state index contributed by atoms with van der Waals surface area (Å²) in [5.74, 6) is 2.44. The summed E-state index contributed by atoms with van der Waals surface area (Å²) in [6.45, 7) is 5.81. The summed E-state index contributed by atoms with van der Waals surface area (Å²) >= 11 is 0. The molecule has 0 amide bonds. The molecule has 0 radical (unpaired) electrons. The van der Waals surface area contributed by atoms with E-state index < -0.39 is 0 Å². The van der Waals surface area contributed by atoms with Crippen molar-refractivity contribution in [3.63, 3.8) is 0 Å². The van der Waals surface area contributed by atoms with Gasteiger partial charge in [-0.25, -0.2) is 15.0 Å². The fourth-order valence-electron chi connectivity index (χ4n) is 4.76. The van der Waals surface area contributed by atoms with Crippen LogP contribution in [0.1, 0.15) is 41.9 Å². The highest BCUT2D eigenvalue weighted by molar-refractivity contribution is 5.54. The molecule has 1 aliphatic carbocycles. The van der Waals surface area contributed by atoms with Gasteiger partial charge in [0.2, 0.25) is 0 Å². The number of aromatic nitrogens is 5. The number of nitrogens with one attached hydrogen (secondary N) is 1. The maximum atomic E-state index is 12.8. The predicted octanol–water partition coefficient (Wildman–Crippen LogP) is 2.72. The summed E-state index contributed by atoms with van der Waals surface area (Å²) in [6, 6.07) is 3.80. The number of nitrogens with zero attached hydrogens (tertiary/aromatic N) is 5. The maximum absolute atomic E-state index is 12.8. The van der Waals surface area contributed by atoms with Gasteiger partial charge in [-0.05, 0) is 51.7 Å². The molecular formula is C22H24N6O. The topological polar surface area (TPSA) is 87.7 Å². The number of fused-ring (bicyclic) bond motifs is 2. The molecule has 4 heterocycles. The van der Waals surface area contributed by atoms with Gasteiger partial charge in [0, 0.05) is 53.8 Å². The number of piperidine rings is 1. The summed E-state index contributed by atoms with van der Waals surface area (Å²) < 4.78 is 0. The van der Waals surface area contributed by atoms with Crippen LogP contribution in [0.5, 0.6) is 0 Å². The summed E-state index contributed by atoms with van der Waals surface area (Å²) in [6.07, 6.45) is 9.12. The zero-order valence-corrected chi connectivity index (χ0v) is 16.8. The van der Waals surface area contributed by atoms with Crippen LogP contribution >= 0.6 is 0 Å². The first-order chi connectivity index (χ1) is 14.1. The van der Waals surface area contributed by atoms with E-state index in [4.69, 9.17) is 4.98 Å². The Hall–Kier alpha value is -3.09. The summed E-state index contributed by atoms with van der Waals surface area (Å²) in [7, 11) is 0. The Balaban J connectivity index is 1.47. The second-order valence-electron chi connectivity index (χ2n) is 8.17. The van der Waals surface area contributed by atoms with Crippen molar-refractivity contribution in [2.45, 2.75) is 44.9 Å². The van der Waals surface area contributed by atoms with E-state index in [0.717, 1.165) is 72.8 Å². The number of hydrogen-bond donors (Lipinski definition) is 1. The molecule has 1 saturated heterocycles. The van der Waals surface area contributed by atoms with E-state index in [1.807, 2.05) is 25.3 Å². The van der Waals surface area contributed by atoms with Gasteiger partial charge >= 0.3 is 0 Å². The normalized spacial score (nSPS) is 17.5. The quantitative estimate of drug-likeness (QED) is 0.726. The fraction of sp³-hybridized carbons (Fsp3) is 0.409. The van der Waals surface area contributed by atoms with Gasteiger partial charge in [-0.1, -0.05) is 0 Å². The number of aromatic amines is 1. The highest BCUT2D eigenvalue weighted by atomic mass is 16.1. The molecule has 0 bridgehead atoms. The Kier molecular flexibility index (Phi) is 4.19. The molecule has 0 unspecified atom stereocenters. The van der Waals surface area contributed by atoms with E-state index in [-0.39, 0.29) is 11.0 Å². The third-order valence-corrected chi connectivity index (χ3v) is 6.39. The Morgan fingerprint density at radius 2 is 1.93 bits per heavy atom. The van der Waals surface area contributed by atoms with Crippen molar-refractivity contribution in [1.29, 1.82) is 0 Å². The molecule has 7 nitrogen and oxygen atoms in total. The van der Waals surface area contributed by atoms with Gasteiger partial charge in [0.1, 0.15) is 17.5 Å². The van der Waals surface area contributed by atoms with Crippen molar-refractivity contribution >= 4 is 5.82 Å². The average molecular weight is 388 g/mol. The van der Waals surface area contributed by atoms with E-state index in [0.29, 0.717) is 5.82 Å². The van der Waals surface area contributed by atoms with Crippen molar-refractivity contribution in [3.8, 4) is 11.4 Å².